The largest absolute Gasteiger partial charge is 0.310 e. The molecule has 1 nitrogen and oxygen atoms in total. The van der Waals surface area contributed by atoms with E-state index in [1.54, 1.807) is 11.1 Å². The summed E-state index contributed by atoms with van der Waals surface area (Å²) in [6, 6.07) is 50.5. The molecule has 0 saturated heterocycles. The minimum Gasteiger partial charge on any atom is -0.310 e. The van der Waals surface area contributed by atoms with E-state index in [0.717, 1.165) is 23.7 Å². The fraction of sp³-hybridized carbons (Fsp3) is 0.419. The Morgan fingerprint density at radius 2 is 0.937 bits per heavy atom. The molecule has 0 aliphatic heterocycles. The molecule has 318 valence electrons. The molecule has 0 heterocycles. The summed E-state index contributed by atoms with van der Waals surface area (Å²) in [4.78, 5) is 2.58. The van der Waals surface area contributed by atoms with Crippen LogP contribution in [0.1, 0.15) is 140 Å². The van der Waals surface area contributed by atoms with E-state index in [1.807, 2.05) is 0 Å². The maximum atomic E-state index is 2.58. The van der Waals surface area contributed by atoms with Gasteiger partial charge in [-0.05, 0) is 199 Å². The molecule has 2 spiro atoms. The van der Waals surface area contributed by atoms with Crippen LogP contribution < -0.4 is 4.90 Å². The monoisotopic (exact) mass is 824 g/mol. The first-order valence-electron chi connectivity index (χ1n) is 24.7. The fourth-order valence-electron chi connectivity index (χ4n) is 16.5. The van der Waals surface area contributed by atoms with Gasteiger partial charge in [0.05, 0.1) is 5.69 Å². The Kier molecular flexibility index (Phi) is 7.63. The van der Waals surface area contributed by atoms with Gasteiger partial charge in [-0.1, -0.05) is 152 Å². The lowest BCUT2D eigenvalue weighted by Crippen LogP contribution is -2.73. The van der Waals surface area contributed by atoms with Crippen LogP contribution in [-0.2, 0) is 27.1 Å². The van der Waals surface area contributed by atoms with Crippen LogP contribution in [0.5, 0.6) is 0 Å². The van der Waals surface area contributed by atoms with Crippen molar-refractivity contribution in [3.05, 3.63) is 161 Å². The molecule has 63 heavy (non-hydrogen) atoms. The second-order valence-electron chi connectivity index (χ2n) is 24.2. The van der Waals surface area contributed by atoms with Crippen LogP contribution >= 0.6 is 0 Å². The first kappa shape index (κ1) is 38.6. The van der Waals surface area contributed by atoms with Crippen molar-refractivity contribution < 1.29 is 0 Å². The molecule has 6 aromatic rings. The molecule has 6 unspecified atom stereocenters. The van der Waals surface area contributed by atoms with Gasteiger partial charge in [-0.25, -0.2) is 0 Å². The number of nitrogens with zero attached hydrogens (tertiary/aromatic N) is 1. The molecule has 7 aliphatic rings. The lowest BCUT2D eigenvalue weighted by atomic mass is 9.27. The van der Waals surface area contributed by atoms with Gasteiger partial charge >= 0.3 is 0 Å². The molecule has 13 rings (SSSR count). The van der Waals surface area contributed by atoms with Gasteiger partial charge in [-0.3, -0.25) is 0 Å². The molecule has 4 fully saturated rings. The van der Waals surface area contributed by atoms with E-state index >= 15 is 0 Å². The third-order valence-corrected chi connectivity index (χ3v) is 19.4. The number of hydrogen-bond donors (Lipinski definition) is 0. The first-order chi connectivity index (χ1) is 30.2. The van der Waals surface area contributed by atoms with Gasteiger partial charge in [-0.2, -0.15) is 0 Å². The van der Waals surface area contributed by atoms with E-state index in [1.165, 1.54) is 124 Å². The first-order valence-corrected chi connectivity index (χ1v) is 24.7. The molecule has 7 aliphatic carbocycles. The van der Waals surface area contributed by atoms with Crippen molar-refractivity contribution >= 4 is 17.1 Å². The van der Waals surface area contributed by atoms with Crippen LogP contribution in [0.4, 0.5) is 17.1 Å². The SMILES string of the molecule is CC1(C)CCC(C)(C)c2c(-c3ccc(N(c4ccc(-c5cccc6c5-c5ccccc5C65C6CC7CC8CC5C86C7)cc4)c4cccc5c4C(C)(C)CCC5(C)C)cc3)cccc21. The molecule has 0 N–H and O–H groups in total. The van der Waals surface area contributed by atoms with Gasteiger partial charge in [0.25, 0.3) is 0 Å². The van der Waals surface area contributed by atoms with Crippen LogP contribution in [0.15, 0.2) is 127 Å². The average Bonchev–Trinajstić information content (AvgIpc) is 3.92. The lowest BCUT2D eigenvalue weighted by molar-refractivity contribution is -0.231. The maximum Gasteiger partial charge on any atom is 0.0502 e. The molecule has 6 atom stereocenters. The smallest absolute Gasteiger partial charge is 0.0502 e. The maximum absolute atomic E-state index is 2.58. The molecule has 6 aromatic carbocycles. The Hall–Kier alpha value is -4.88. The summed E-state index contributed by atoms with van der Waals surface area (Å²) < 4.78 is 0. The van der Waals surface area contributed by atoms with Crippen molar-refractivity contribution in [3.63, 3.8) is 0 Å². The second kappa shape index (κ2) is 12.5. The summed E-state index contributed by atoms with van der Waals surface area (Å²) in [5, 5.41) is 0. The Morgan fingerprint density at radius 3 is 1.60 bits per heavy atom. The van der Waals surface area contributed by atoms with E-state index in [9.17, 15) is 0 Å². The summed E-state index contributed by atoms with van der Waals surface area (Å²) in [5.41, 5.74) is 22.9. The van der Waals surface area contributed by atoms with Gasteiger partial charge < -0.3 is 4.90 Å². The highest BCUT2D eigenvalue weighted by Gasteiger charge is 2.84. The number of benzene rings is 6. The lowest BCUT2D eigenvalue weighted by Gasteiger charge is -2.76. The molecular weight excluding hydrogens is 759 g/mol. The van der Waals surface area contributed by atoms with Crippen LogP contribution in [0.25, 0.3) is 33.4 Å². The Labute approximate surface area is 377 Å². The van der Waals surface area contributed by atoms with E-state index in [0.29, 0.717) is 5.41 Å². The topological polar surface area (TPSA) is 3.24 Å². The summed E-state index contributed by atoms with van der Waals surface area (Å²) in [5.74, 6) is 3.61. The van der Waals surface area contributed by atoms with Crippen molar-refractivity contribution in [1.82, 2.24) is 0 Å². The molecule has 0 amide bonds. The van der Waals surface area contributed by atoms with Gasteiger partial charge in [0.2, 0.25) is 0 Å². The van der Waals surface area contributed by atoms with Crippen LogP contribution in [0, 0.1) is 29.1 Å². The zero-order valence-corrected chi connectivity index (χ0v) is 39.0. The van der Waals surface area contributed by atoms with E-state index in [-0.39, 0.29) is 27.1 Å². The molecule has 0 aromatic heterocycles. The van der Waals surface area contributed by atoms with Crippen molar-refractivity contribution in [2.24, 2.45) is 29.1 Å². The highest BCUT2D eigenvalue weighted by atomic mass is 15.1. The van der Waals surface area contributed by atoms with Gasteiger partial charge in [-0.15, -0.1) is 0 Å². The van der Waals surface area contributed by atoms with Crippen LogP contribution in [0.3, 0.4) is 0 Å². The Bertz CT molecular complexity index is 2890. The summed E-state index contributed by atoms with van der Waals surface area (Å²) in [6.07, 6.45) is 10.7. The third-order valence-electron chi connectivity index (χ3n) is 19.4. The number of rotatable bonds is 5. The number of fused-ring (bicyclic) bond motifs is 10. The summed E-state index contributed by atoms with van der Waals surface area (Å²) in [7, 11) is 0. The third kappa shape index (κ3) is 4.85. The van der Waals surface area contributed by atoms with E-state index in [4.69, 9.17) is 0 Å². The predicted octanol–water partition coefficient (Wildman–Crippen LogP) is 16.5. The fourth-order valence-corrected chi connectivity index (χ4v) is 16.5. The quantitative estimate of drug-likeness (QED) is 0.167. The second-order valence-corrected chi connectivity index (χ2v) is 24.2. The van der Waals surface area contributed by atoms with E-state index < -0.39 is 0 Å². The van der Waals surface area contributed by atoms with Gasteiger partial charge in [0.1, 0.15) is 0 Å². The molecule has 1 heteroatoms. The molecule has 2 bridgehead atoms. The number of hydrogen-bond acceptors (Lipinski definition) is 1. The zero-order valence-electron chi connectivity index (χ0n) is 39.0. The number of anilines is 3. The highest BCUT2D eigenvalue weighted by Crippen LogP contribution is 2.89. The molecule has 0 radical (unpaired) electrons. The van der Waals surface area contributed by atoms with Crippen molar-refractivity contribution in [3.8, 4) is 33.4 Å². The zero-order chi connectivity index (χ0) is 43.1. The Morgan fingerprint density at radius 1 is 0.429 bits per heavy atom. The van der Waals surface area contributed by atoms with Crippen LogP contribution in [-0.4, -0.2) is 0 Å². The van der Waals surface area contributed by atoms with Gasteiger partial charge in [0, 0.05) is 16.8 Å². The Balaban J connectivity index is 0.939. The van der Waals surface area contributed by atoms with Crippen molar-refractivity contribution in [1.29, 1.82) is 0 Å². The average molecular weight is 824 g/mol. The van der Waals surface area contributed by atoms with E-state index in [2.05, 4.69) is 188 Å². The molecule has 4 saturated carbocycles. The van der Waals surface area contributed by atoms with Crippen LogP contribution in [0.2, 0.25) is 0 Å². The van der Waals surface area contributed by atoms with Gasteiger partial charge in [0.15, 0.2) is 0 Å². The minimum absolute atomic E-state index is 0.0500. The van der Waals surface area contributed by atoms with Crippen molar-refractivity contribution in [2.45, 2.75) is 134 Å². The normalized spacial score (nSPS) is 29.7. The summed E-state index contributed by atoms with van der Waals surface area (Å²) >= 11 is 0. The standard InChI is InChI=1S/C62H65N/c1-57(2)30-32-59(5,6)55-45(16-12-19-49(55)57)40-24-28-43(29-25-40)63(51-21-13-20-50-56(51)60(7,8)33-31-58(50,3)4)42-26-22-39(23-27-42)44-15-11-18-48-54(44)46-14-9-10-17-47(46)62(48)52-35-38-34-41-36-53(62)61(41,52)37-38/h9-29,38,41,52-53H,30-37H2,1-8H3. The highest BCUT2D eigenvalue weighted by molar-refractivity contribution is 5.94. The van der Waals surface area contributed by atoms with Crippen molar-refractivity contribution in [2.75, 3.05) is 4.90 Å². The summed E-state index contributed by atoms with van der Waals surface area (Å²) in [6.45, 7) is 19.6. The molecular formula is C62H65N. The predicted molar refractivity (Wildman–Crippen MR) is 264 cm³/mol. The minimum atomic E-state index is 0.0500.